The fourth-order valence-corrected chi connectivity index (χ4v) is 3.23. The second kappa shape index (κ2) is 6.80. The van der Waals surface area contributed by atoms with Gasteiger partial charge < -0.3 is 10.6 Å². The minimum absolute atomic E-state index is 0.000623. The van der Waals surface area contributed by atoms with Crippen molar-refractivity contribution in [2.75, 3.05) is 19.3 Å². The van der Waals surface area contributed by atoms with E-state index in [1.165, 1.54) is 32.1 Å². The van der Waals surface area contributed by atoms with Gasteiger partial charge in [0.15, 0.2) is 0 Å². The van der Waals surface area contributed by atoms with Crippen molar-refractivity contribution >= 4 is 17.7 Å². The van der Waals surface area contributed by atoms with Gasteiger partial charge in [-0.15, -0.1) is 0 Å². The Morgan fingerprint density at radius 2 is 1.83 bits per heavy atom. The molecule has 0 bridgehead atoms. The number of hydrogen-bond donors (Lipinski definition) is 2. The van der Waals surface area contributed by atoms with Crippen LogP contribution in [0, 0.1) is 0 Å². The van der Waals surface area contributed by atoms with Gasteiger partial charge in [-0.05, 0) is 39.9 Å². The molecule has 0 atom stereocenters. The average Bonchev–Trinajstić information content (AvgIpc) is 2.34. The standard InChI is InChI=1S/C14H28N2OS/c1-13(2,3)16-10-12(17)15-11-14(18-4)8-6-5-7-9-14/h16H,5-11H2,1-4H3,(H,15,17). The summed E-state index contributed by atoms with van der Waals surface area (Å²) in [4.78, 5) is 11.8. The third-order valence-electron chi connectivity index (χ3n) is 3.58. The average molecular weight is 272 g/mol. The van der Waals surface area contributed by atoms with Gasteiger partial charge in [0.2, 0.25) is 5.91 Å². The van der Waals surface area contributed by atoms with Crippen molar-refractivity contribution in [2.45, 2.75) is 63.2 Å². The Labute approximate surface area is 116 Å². The van der Waals surface area contributed by atoms with E-state index in [0.717, 1.165) is 6.54 Å². The lowest BCUT2D eigenvalue weighted by Gasteiger charge is -2.36. The molecule has 0 saturated heterocycles. The number of rotatable bonds is 5. The lowest BCUT2D eigenvalue weighted by molar-refractivity contribution is -0.120. The molecule has 1 saturated carbocycles. The van der Waals surface area contributed by atoms with Crippen molar-refractivity contribution in [1.29, 1.82) is 0 Å². The third-order valence-corrected chi connectivity index (χ3v) is 5.00. The third kappa shape index (κ3) is 5.61. The molecule has 1 rings (SSSR count). The normalized spacial score (nSPS) is 19.6. The number of carbonyl (C=O) groups excluding carboxylic acids is 1. The summed E-state index contributed by atoms with van der Waals surface area (Å²) in [6.07, 6.45) is 8.60. The molecular formula is C14H28N2OS. The Morgan fingerprint density at radius 1 is 1.22 bits per heavy atom. The Hall–Kier alpha value is -0.220. The van der Waals surface area contributed by atoms with Crippen molar-refractivity contribution in [3.8, 4) is 0 Å². The predicted molar refractivity (Wildman–Crippen MR) is 80.1 cm³/mol. The zero-order valence-electron chi connectivity index (χ0n) is 12.3. The Bertz CT molecular complexity index is 267. The van der Waals surface area contributed by atoms with Crippen LogP contribution in [0.4, 0.5) is 0 Å². The largest absolute Gasteiger partial charge is 0.354 e. The summed E-state index contributed by atoms with van der Waals surface area (Å²) in [7, 11) is 0. The van der Waals surface area contributed by atoms with Crippen LogP contribution in [0.25, 0.3) is 0 Å². The summed E-state index contributed by atoms with van der Waals surface area (Å²) in [5.41, 5.74) is -0.000623. The van der Waals surface area contributed by atoms with E-state index in [9.17, 15) is 4.79 Å². The molecule has 0 radical (unpaired) electrons. The van der Waals surface area contributed by atoms with Gasteiger partial charge >= 0.3 is 0 Å². The highest BCUT2D eigenvalue weighted by atomic mass is 32.2. The summed E-state index contributed by atoms with van der Waals surface area (Å²) in [6.45, 7) is 7.45. The van der Waals surface area contributed by atoms with Crippen molar-refractivity contribution in [3.63, 3.8) is 0 Å². The molecule has 4 heteroatoms. The second-order valence-corrected chi connectivity index (χ2v) is 7.60. The van der Waals surface area contributed by atoms with Crippen LogP contribution in [0.2, 0.25) is 0 Å². The molecule has 0 aromatic carbocycles. The highest BCUT2D eigenvalue weighted by Gasteiger charge is 2.31. The molecule has 1 amide bonds. The van der Waals surface area contributed by atoms with Crippen LogP contribution < -0.4 is 10.6 Å². The van der Waals surface area contributed by atoms with Crippen LogP contribution in [-0.4, -0.2) is 35.5 Å². The number of hydrogen-bond acceptors (Lipinski definition) is 3. The molecule has 3 nitrogen and oxygen atoms in total. The first-order valence-corrected chi connectivity index (χ1v) is 8.16. The van der Waals surface area contributed by atoms with E-state index in [2.05, 4.69) is 37.7 Å². The van der Waals surface area contributed by atoms with Gasteiger partial charge in [-0.25, -0.2) is 0 Å². The first-order chi connectivity index (χ1) is 8.37. The van der Waals surface area contributed by atoms with Crippen molar-refractivity contribution in [1.82, 2.24) is 10.6 Å². The van der Waals surface area contributed by atoms with Crippen LogP contribution in [0.3, 0.4) is 0 Å². The van der Waals surface area contributed by atoms with E-state index in [1.54, 1.807) is 0 Å². The predicted octanol–water partition coefficient (Wildman–Crippen LogP) is 2.56. The maximum absolute atomic E-state index is 11.8. The first-order valence-electron chi connectivity index (χ1n) is 6.94. The first kappa shape index (κ1) is 15.8. The van der Waals surface area contributed by atoms with E-state index in [-0.39, 0.29) is 16.2 Å². The van der Waals surface area contributed by atoms with Crippen LogP contribution in [0.5, 0.6) is 0 Å². The molecule has 1 aliphatic rings. The monoisotopic (exact) mass is 272 g/mol. The maximum atomic E-state index is 11.8. The van der Waals surface area contributed by atoms with Gasteiger partial charge in [0, 0.05) is 16.8 Å². The highest BCUT2D eigenvalue weighted by Crippen LogP contribution is 2.37. The van der Waals surface area contributed by atoms with Crippen LogP contribution in [-0.2, 0) is 4.79 Å². The second-order valence-electron chi connectivity index (χ2n) is 6.33. The molecule has 0 aromatic heterocycles. The SMILES string of the molecule is CSC1(CNC(=O)CNC(C)(C)C)CCCCC1. The van der Waals surface area contributed by atoms with E-state index < -0.39 is 0 Å². The minimum atomic E-state index is -0.000623. The summed E-state index contributed by atoms with van der Waals surface area (Å²) in [5.74, 6) is 0.115. The van der Waals surface area contributed by atoms with Crippen LogP contribution in [0.1, 0.15) is 52.9 Å². The fraction of sp³-hybridized carbons (Fsp3) is 0.929. The summed E-state index contributed by atoms with van der Waals surface area (Å²) in [5, 5.41) is 6.32. The molecule has 1 aliphatic carbocycles. The van der Waals surface area contributed by atoms with Gasteiger partial charge in [0.1, 0.15) is 0 Å². The topological polar surface area (TPSA) is 41.1 Å². The van der Waals surface area contributed by atoms with Crippen LogP contribution in [0.15, 0.2) is 0 Å². The zero-order valence-corrected chi connectivity index (χ0v) is 13.1. The van der Waals surface area contributed by atoms with Crippen LogP contribution >= 0.6 is 11.8 Å². The van der Waals surface area contributed by atoms with Crippen molar-refractivity contribution in [2.24, 2.45) is 0 Å². The van der Waals surface area contributed by atoms with E-state index in [0.29, 0.717) is 6.54 Å². The van der Waals surface area contributed by atoms with E-state index >= 15 is 0 Å². The zero-order chi connectivity index (χ0) is 13.6. The minimum Gasteiger partial charge on any atom is -0.354 e. The highest BCUT2D eigenvalue weighted by molar-refractivity contribution is 8.00. The smallest absolute Gasteiger partial charge is 0.234 e. The molecule has 106 valence electrons. The van der Waals surface area contributed by atoms with Gasteiger partial charge in [-0.3, -0.25) is 4.79 Å². The molecule has 0 unspecified atom stereocenters. The molecule has 0 heterocycles. The van der Waals surface area contributed by atoms with Crippen molar-refractivity contribution < 1.29 is 4.79 Å². The van der Waals surface area contributed by atoms with E-state index in [4.69, 9.17) is 0 Å². The number of carbonyl (C=O) groups is 1. The van der Waals surface area contributed by atoms with Gasteiger partial charge in [-0.2, -0.15) is 11.8 Å². The van der Waals surface area contributed by atoms with E-state index in [1.807, 2.05) is 11.8 Å². The quantitative estimate of drug-likeness (QED) is 0.808. The molecule has 0 aromatic rings. The maximum Gasteiger partial charge on any atom is 0.234 e. The summed E-state index contributed by atoms with van der Waals surface area (Å²) in [6, 6.07) is 0. The van der Waals surface area contributed by atoms with Gasteiger partial charge in [0.05, 0.1) is 6.54 Å². The number of nitrogens with one attached hydrogen (secondary N) is 2. The lowest BCUT2D eigenvalue weighted by Crippen LogP contribution is -2.47. The molecule has 2 N–H and O–H groups in total. The Morgan fingerprint density at radius 3 is 2.33 bits per heavy atom. The molecule has 0 spiro atoms. The molecule has 18 heavy (non-hydrogen) atoms. The number of thioether (sulfide) groups is 1. The molecule has 0 aliphatic heterocycles. The number of amides is 1. The summed E-state index contributed by atoms with van der Waals surface area (Å²) < 4.78 is 0.287. The van der Waals surface area contributed by atoms with Crippen molar-refractivity contribution in [3.05, 3.63) is 0 Å². The van der Waals surface area contributed by atoms with Gasteiger partial charge in [0.25, 0.3) is 0 Å². The molecule has 1 fully saturated rings. The molecular weight excluding hydrogens is 244 g/mol. The Balaban J connectivity index is 2.32. The summed E-state index contributed by atoms with van der Waals surface area (Å²) >= 11 is 1.92. The van der Waals surface area contributed by atoms with Gasteiger partial charge in [-0.1, -0.05) is 19.3 Å². The fourth-order valence-electron chi connectivity index (χ4n) is 2.32. The lowest BCUT2D eigenvalue weighted by atomic mass is 9.88. The Kier molecular flexibility index (Phi) is 5.99.